The Morgan fingerprint density at radius 2 is 1.92 bits per heavy atom. The number of hydrogen-bond donors (Lipinski definition) is 2. The number of anilines is 2. The Morgan fingerprint density at radius 3 is 2.54 bits per heavy atom. The lowest BCUT2D eigenvalue weighted by atomic mass is 9.95. The maximum Gasteiger partial charge on any atom is 0.255 e. The van der Waals surface area contributed by atoms with Crippen LogP contribution in [-0.2, 0) is 14.3 Å². The van der Waals surface area contributed by atoms with Gasteiger partial charge in [-0.25, -0.2) is 4.98 Å². The summed E-state index contributed by atoms with van der Waals surface area (Å²) in [4.78, 5) is 28.6. The van der Waals surface area contributed by atoms with Crippen molar-refractivity contribution in [2.75, 3.05) is 17.2 Å². The smallest absolute Gasteiger partial charge is 0.255 e. The third-order valence-corrected chi connectivity index (χ3v) is 4.83. The molecule has 0 spiro atoms. The van der Waals surface area contributed by atoms with Crippen molar-refractivity contribution in [3.8, 4) is 11.3 Å². The number of rotatable bonds is 4. The fraction of sp³-hybridized carbons (Fsp3) is 0.421. The van der Waals surface area contributed by atoms with Crippen LogP contribution in [0.25, 0.3) is 11.3 Å². The molecule has 1 atom stereocenters. The Kier molecular flexibility index (Phi) is 5.38. The van der Waals surface area contributed by atoms with Gasteiger partial charge in [-0.3, -0.25) is 14.9 Å². The number of nitrogens with one attached hydrogen (secondary N) is 2. The number of carbonyl (C=O) groups is 2. The second-order valence-corrected chi connectivity index (χ2v) is 8.17. The zero-order valence-electron chi connectivity index (χ0n) is 15.2. The van der Waals surface area contributed by atoms with Crippen LogP contribution in [0.5, 0.6) is 0 Å². The molecule has 26 heavy (non-hydrogen) atoms. The maximum atomic E-state index is 12.1. The quantitative estimate of drug-likeness (QED) is 0.851. The van der Waals surface area contributed by atoms with E-state index in [0.717, 1.165) is 29.8 Å². The largest absolute Gasteiger partial charge is 0.368 e. The first-order valence-electron chi connectivity index (χ1n) is 8.63. The molecule has 1 aromatic heterocycles. The number of nitrogens with zero attached hydrogens (tertiary/aromatic N) is 1. The van der Waals surface area contributed by atoms with E-state index in [4.69, 9.17) is 4.74 Å². The SMILES string of the molecule is CC(C)(C)C(=O)Nc1ccc(-c2csc(NC(=O)[C@@H]3CCCO3)n2)cc1. The van der Waals surface area contributed by atoms with Crippen LogP contribution in [0.15, 0.2) is 29.6 Å². The number of carbonyl (C=O) groups excluding carboxylic acids is 2. The molecule has 2 amide bonds. The van der Waals surface area contributed by atoms with Crippen molar-refractivity contribution < 1.29 is 14.3 Å². The minimum atomic E-state index is -0.441. The number of thiazole rings is 1. The molecule has 6 nitrogen and oxygen atoms in total. The van der Waals surface area contributed by atoms with Crippen molar-refractivity contribution in [1.82, 2.24) is 4.98 Å². The summed E-state index contributed by atoms with van der Waals surface area (Å²) in [6, 6.07) is 7.50. The van der Waals surface area contributed by atoms with Crippen molar-refractivity contribution in [2.45, 2.75) is 39.7 Å². The first-order chi connectivity index (χ1) is 12.3. The maximum absolute atomic E-state index is 12.1. The molecule has 1 aliphatic heterocycles. The molecular weight excluding hydrogens is 350 g/mol. The number of hydrogen-bond acceptors (Lipinski definition) is 5. The first kappa shape index (κ1) is 18.5. The monoisotopic (exact) mass is 373 g/mol. The van der Waals surface area contributed by atoms with Gasteiger partial charge in [-0.15, -0.1) is 11.3 Å². The second kappa shape index (κ2) is 7.55. The topological polar surface area (TPSA) is 80.3 Å². The average Bonchev–Trinajstić information content (AvgIpc) is 3.26. The van der Waals surface area contributed by atoms with Crippen molar-refractivity contribution >= 4 is 34.0 Å². The van der Waals surface area contributed by atoms with Crippen LogP contribution in [0.4, 0.5) is 10.8 Å². The highest BCUT2D eigenvalue weighted by atomic mass is 32.1. The van der Waals surface area contributed by atoms with Gasteiger partial charge in [0.05, 0.1) is 5.69 Å². The molecule has 0 aliphatic carbocycles. The fourth-order valence-electron chi connectivity index (χ4n) is 2.48. The van der Waals surface area contributed by atoms with Crippen LogP contribution < -0.4 is 10.6 Å². The van der Waals surface area contributed by atoms with E-state index in [1.165, 1.54) is 11.3 Å². The predicted molar refractivity (Wildman–Crippen MR) is 103 cm³/mol. The van der Waals surface area contributed by atoms with Crippen molar-refractivity contribution in [1.29, 1.82) is 0 Å². The van der Waals surface area contributed by atoms with Gasteiger partial charge in [0.1, 0.15) is 6.10 Å². The lowest BCUT2D eigenvalue weighted by molar-refractivity contribution is -0.124. The van der Waals surface area contributed by atoms with Gasteiger partial charge in [-0.2, -0.15) is 0 Å². The summed E-state index contributed by atoms with van der Waals surface area (Å²) in [5.41, 5.74) is 2.01. The van der Waals surface area contributed by atoms with Gasteiger partial charge >= 0.3 is 0 Å². The molecule has 2 heterocycles. The van der Waals surface area contributed by atoms with Crippen LogP contribution in [0.3, 0.4) is 0 Å². The first-order valence-corrected chi connectivity index (χ1v) is 9.51. The van der Waals surface area contributed by atoms with Crippen molar-refractivity contribution in [3.63, 3.8) is 0 Å². The highest BCUT2D eigenvalue weighted by molar-refractivity contribution is 7.14. The van der Waals surface area contributed by atoms with Crippen molar-refractivity contribution in [2.24, 2.45) is 5.41 Å². The average molecular weight is 373 g/mol. The van der Waals surface area contributed by atoms with Crippen LogP contribution in [0.2, 0.25) is 0 Å². The molecule has 1 saturated heterocycles. The Morgan fingerprint density at radius 1 is 1.19 bits per heavy atom. The zero-order valence-corrected chi connectivity index (χ0v) is 16.0. The van der Waals surface area contributed by atoms with Crippen LogP contribution in [0.1, 0.15) is 33.6 Å². The molecule has 1 aliphatic rings. The van der Waals surface area contributed by atoms with Crippen LogP contribution in [-0.4, -0.2) is 29.5 Å². The van der Waals surface area contributed by atoms with Gasteiger partial charge in [0.2, 0.25) is 5.91 Å². The Hall–Kier alpha value is -2.25. The van der Waals surface area contributed by atoms with Gasteiger partial charge in [-0.05, 0) is 25.0 Å². The highest BCUT2D eigenvalue weighted by Crippen LogP contribution is 2.27. The van der Waals surface area contributed by atoms with E-state index in [1.54, 1.807) is 0 Å². The summed E-state index contributed by atoms with van der Waals surface area (Å²) >= 11 is 1.38. The van der Waals surface area contributed by atoms with Gasteiger partial charge in [-0.1, -0.05) is 32.9 Å². The van der Waals surface area contributed by atoms with Gasteiger partial charge < -0.3 is 10.1 Å². The molecule has 1 aromatic carbocycles. The predicted octanol–water partition coefficient (Wildman–Crippen LogP) is 3.91. The van der Waals surface area contributed by atoms with E-state index in [0.29, 0.717) is 11.7 Å². The van der Waals surface area contributed by atoms with Gasteiger partial charge in [0.15, 0.2) is 5.13 Å². The Balaban J connectivity index is 1.63. The molecule has 0 bridgehead atoms. The summed E-state index contributed by atoms with van der Waals surface area (Å²) in [6.07, 6.45) is 1.30. The normalized spacial score (nSPS) is 17.1. The highest BCUT2D eigenvalue weighted by Gasteiger charge is 2.24. The molecule has 2 aromatic rings. The minimum absolute atomic E-state index is 0.0296. The van der Waals surface area contributed by atoms with E-state index in [1.807, 2.05) is 50.4 Å². The second-order valence-electron chi connectivity index (χ2n) is 7.31. The summed E-state index contributed by atoms with van der Waals surface area (Å²) in [5.74, 6) is -0.165. The molecule has 0 unspecified atom stereocenters. The minimum Gasteiger partial charge on any atom is -0.368 e. The summed E-state index contributed by atoms with van der Waals surface area (Å²) < 4.78 is 5.38. The lowest BCUT2D eigenvalue weighted by Crippen LogP contribution is -2.27. The molecule has 0 radical (unpaired) electrons. The number of ether oxygens (including phenoxy) is 1. The van der Waals surface area contributed by atoms with Crippen LogP contribution >= 0.6 is 11.3 Å². The zero-order chi connectivity index (χ0) is 18.7. The fourth-order valence-corrected chi connectivity index (χ4v) is 3.20. The molecule has 7 heteroatoms. The van der Waals surface area contributed by atoms with E-state index < -0.39 is 5.41 Å². The third kappa shape index (κ3) is 4.47. The van der Waals surface area contributed by atoms with E-state index in [2.05, 4.69) is 15.6 Å². The molecule has 2 N–H and O–H groups in total. The van der Waals surface area contributed by atoms with Crippen LogP contribution in [0, 0.1) is 5.41 Å². The summed E-state index contributed by atoms with van der Waals surface area (Å²) in [6.45, 7) is 6.26. The van der Waals surface area contributed by atoms with Gasteiger partial charge in [0.25, 0.3) is 5.91 Å². The lowest BCUT2D eigenvalue weighted by Gasteiger charge is -2.17. The standard InChI is InChI=1S/C19H23N3O3S/c1-19(2,3)17(24)20-13-8-6-12(7-9-13)14-11-26-18(21-14)22-16(23)15-5-4-10-25-15/h6-9,11,15H,4-5,10H2,1-3H3,(H,20,24)(H,21,22,23)/t15-/m0/s1. The van der Waals surface area contributed by atoms with E-state index in [-0.39, 0.29) is 17.9 Å². The summed E-state index contributed by atoms with van der Waals surface area (Å²) in [7, 11) is 0. The van der Waals surface area contributed by atoms with Gasteiger partial charge in [0, 0.05) is 28.7 Å². The number of amides is 2. The Bertz CT molecular complexity index is 787. The Labute approximate surface area is 157 Å². The summed E-state index contributed by atoms with van der Waals surface area (Å²) in [5, 5.41) is 8.17. The molecule has 0 saturated carbocycles. The number of aromatic nitrogens is 1. The molecule has 1 fully saturated rings. The molecule has 3 rings (SSSR count). The molecular formula is C19H23N3O3S. The van der Waals surface area contributed by atoms with Crippen molar-refractivity contribution in [3.05, 3.63) is 29.6 Å². The third-order valence-electron chi connectivity index (χ3n) is 4.08. The molecule has 138 valence electrons. The van der Waals surface area contributed by atoms with E-state index in [9.17, 15) is 9.59 Å². The number of benzene rings is 1. The van der Waals surface area contributed by atoms with E-state index >= 15 is 0 Å².